The Kier molecular flexibility index (Phi) is 5.07. The van der Waals surface area contributed by atoms with Crippen molar-refractivity contribution in [1.29, 1.82) is 0 Å². The van der Waals surface area contributed by atoms with Gasteiger partial charge in [0.2, 0.25) is 0 Å². The molecule has 1 aromatic heterocycles. The summed E-state index contributed by atoms with van der Waals surface area (Å²) in [7, 11) is 0.364. The monoisotopic (exact) mass is 430 g/mol. The molecule has 30 heavy (non-hydrogen) atoms. The minimum atomic E-state index is -4.05. The van der Waals surface area contributed by atoms with E-state index in [0.717, 1.165) is 28.9 Å². The van der Waals surface area contributed by atoms with Gasteiger partial charge in [-0.05, 0) is 43.5 Å². The van der Waals surface area contributed by atoms with E-state index >= 15 is 0 Å². The molecule has 0 radical (unpaired) electrons. The fourth-order valence-electron chi connectivity index (χ4n) is 3.83. The average molecular weight is 430 g/mol. The van der Waals surface area contributed by atoms with Gasteiger partial charge in [0.05, 0.1) is 21.3 Å². The van der Waals surface area contributed by atoms with Crippen LogP contribution in [0.4, 0.5) is 5.82 Å². The summed E-state index contributed by atoms with van der Waals surface area (Å²) in [5, 5.41) is 4.03. The topological polar surface area (TPSA) is 99.9 Å². The van der Waals surface area contributed by atoms with E-state index in [1.54, 1.807) is 25.3 Å². The molecule has 2 aromatic carbocycles. The number of aromatic nitrogens is 1. The number of methoxy groups -OCH3 is 3. The van der Waals surface area contributed by atoms with Gasteiger partial charge in [0, 0.05) is 16.7 Å². The number of nitrogens with one attached hydrogen (secondary N) is 1. The lowest BCUT2D eigenvalue weighted by molar-refractivity contribution is 0.373. The first-order chi connectivity index (χ1) is 14.4. The van der Waals surface area contributed by atoms with Crippen LogP contribution in [0.2, 0.25) is 0 Å². The molecule has 1 aliphatic rings. The van der Waals surface area contributed by atoms with Crippen LogP contribution < -0.4 is 18.9 Å². The first-order valence-electron chi connectivity index (χ1n) is 9.30. The van der Waals surface area contributed by atoms with Gasteiger partial charge in [-0.1, -0.05) is 17.3 Å². The highest BCUT2D eigenvalue weighted by molar-refractivity contribution is 7.93. The summed E-state index contributed by atoms with van der Waals surface area (Å²) in [6, 6.07) is 8.69. The Morgan fingerprint density at radius 1 is 0.967 bits per heavy atom. The van der Waals surface area contributed by atoms with Crippen LogP contribution >= 0.6 is 0 Å². The lowest BCUT2D eigenvalue weighted by Crippen LogP contribution is -2.17. The molecule has 0 saturated heterocycles. The van der Waals surface area contributed by atoms with Gasteiger partial charge in [-0.15, -0.1) is 0 Å². The molecule has 0 amide bonds. The number of hydrogen-bond acceptors (Lipinski definition) is 7. The highest BCUT2D eigenvalue weighted by atomic mass is 32.2. The van der Waals surface area contributed by atoms with Crippen LogP contribution in [0, 0.1) is 6.92 Å². The van der Waals surface area contributed by atoms with E-state index in [-0.39, 0.29) is 22.2 Å². The van der Waals surface area contributed by atoms with E-state index in [0.29, 0.717) is 17.7 Å². The number of rotatable bonds is 6. The number of aryl methyl sites for hydroxylation is 1. The van der Waals surface area contributed by atoms with Gasteiger partial charge in [0.1, 0.15) is 17.2 Å². The third-order valence-electron chi connectivity index (χ3n) is 5.26. The smallest absolute Gasteiger partial charge is 0.270 e. The zero-order valence-electron chi connectivity index (χ0n) is 17.1. The first kappa shape index (κ1) is 20.1. The number of fused-ring (bicyclic) bond motifs is 3. The summed E-state index contributed by atoms with van der Waals surface area (Å²) in [5.74, 6) is 1.79. The Morgan fingerprint density at radius 2 is 1.63 bits per heavy atom. The molecule has 1 aliphatic carbocycles. The Hall–Kier alpha value is -3.20. The lowest BCUT2D eigenvalue weighted by Gasteiger charge is -2.19. The predicted octanol–water partition coefficient (Wildman–Crippen LogP) is 3.58. The summed E-state index contributed by atoms with van der Waals surface area (Å²) in [4.78, 5) is -0.0965. The molecule has 9 heteroatoms. The molecule has 158 valence electrons. The highest BCUT2D eigenvalue weighted by Gasteiger charge is 2.31. The minimum absolute atomic E-state index is 0.0965. The lowest BCUT2D eigenvalue weighted by atomic mass is 9.87. The van der Waals surface area contributed by atoms with Crippen molar-refractivity contribution in [2.75, 3.05) is 26.1 Å². The van der Waals surface area contributed by atoms with Gasteiger partial charge in [0.15, 0.2) is 16.5 Å². The van der Waals surface area contributed by atoms with Crippen LogP contribution in [-0.4, -0.2) is 34.9 Å². The van der Waals surface area contributed by atoms with E-state index in [4.69, 9.17) is 18.7 Å². The standard InChI is InChI=1S/C21H22N2O6S/c1-12-15(26-2)11-9-13-8-10-14-19(18(12)13)29-22-21(14)23-30(24,25)20-16(27-3)6-5-7-17(20)28-4/h5-7,9,11H,8,10H2,1-4H3,(H,22,23). The molecule has 0 fully saturated rings. The molecule has 1 N–H and O–H groups in total. The molecule has 0 aliphatic heterocycles. The second-order valence-corrected chi connectivity index (χ2v) is 8.48. The number of sulfonamides is 1. The van der Waals surface area contributed by atoms with Gasteiger partial charge in [-0.3, -0.25) is 4.72 Å². The summed E-state index contributed by atoms with van der Waals surface area (Å²) in [5.41, 5.74) is 3.63. The van der Waals surface area contributed by atoms with Crippen molar-refractivity contribution in [3.8, 4) is 28.6 Å². The molecule has 0 unspecified atom stereocenters. The van der Waals surface area contributed by atoms with Crippen molar-refractivity contribution in [2.24, 2.45) is 0 Å². The largest absolute Gasteiger partial charge is 0.496 e. The van der Waals surface area contributed by atoms with E-state index in [2.05, 4.69) is 9.88 Å². The molecular weight excluding hydrogens is 408 g/mol. The van der Waals surface area contributed by atoms with E-state index < -0.39 is 10.0 Å². The summed E-state index contributed by atoms with van der Waals surface area (Å²) in [6.45, 7) is 1.94. The fraction of sp³-hybridized carbons (Fsp3) is 0.286. The molecule has 8 nitrogen and oxygen atoms in total. The van der Waals surface area contributed by atoms with Gasteiger partial charge in [-0.2, -0.15) is 0 Å². The number of hydrogen-bond donors (Lipinski definition) is 1. The first-order valence-corrected chi connectivity index (χ1v) is 10.8. The number of benzene rings is 2. The maximum atomic E-state index is 13.2. The van der Waals surface area contributed by atoms with Crippen LogP contribution in [0.3, 0.4) is 0 Å². The fourth-order valence-corrected chi connectivity index (χ4v) is 5.18. The van der Waals surface area contributed by atoms with Crippen LogP contribution in [0.1, 0.15) is 16.7 Å². The summed E-state index contributed by atoms with van der Waals surface area (Å²) < 4.78 is 50.4. The van der Waals surface area contributed by atoms with Crippen molar-refractivity contribution in [2.45, 2.75) is 24.7 Å². The van der Waals surface area contributed by atoms with Crippen LogP contribution in [-0.2, 0) is 22.9 Å². The van der Waals surface area contributed by atoms with Crippen molar-refractivity contribution < 1.29 is 27.2 Å². The zero-order chi connectivity index (χ0) is 21.5. The quantitative estimate of drug-likeness (QED) is 0.638. The number of ether oxygens (including phenoxy) is 3. The molecule has 0 bridgehead atoms. The molecular formula is C21H22N2O6S. The van der Waals surface area contributed by atoms with Crippen molar-refractivity contribution in [3.05, 3.63) is 47.0 Å². The number of anilines is 1. The normalized spacial score (nSPS) is 12.7. The Morgan fingerprint density at radius 3 is 2.27 bits per heavy atom. The van der Waals surface area contributed by atoms with Crippen LogP contribution in [0.25, 0.3) is 11.3 Å². The third kappa shape index (κ3) is 3.15. The second-order valence-electron chi connectivity index (χ2n) is 6.86. The molecule has 4 rings (SSSR count). The van der Waals surface area contributed by atoms with Crippen molar-refractivity contribution in [1.82, 2.24) is 5.16 Å². The Labute approximate surface area is 174 Å². The van der Waals surface area contributed by atoms with Gasteiger partial charge in [0.25, 0.3) is 10.0 Å². The SMILES string of the molecule is COc1ccc2c(c1C)-c1onc(NS(=O)(=O)c3c(OC)cccc3OC)c1CC2. The van der Waals surface area contributed by atoms with Crippen LogP contribution in [0.15, 0.2) is 39.8 Å². The molecule has 0 atom stereocenters. The second kappa shape index (κ2) is 7.56. The van der Waals surface area contributed by atoms with Gasteiger partial charge in [-0.25, -0.2) is 8.42 Å². The van der Waals surface area contributed by atoms with E-state index in [9.17, 15) is 8.42 Å². The van der Waals surface area contributed by atoms with Crippen LogP contribution in [0.5, 0.6) is 17.2 Å². The maximum absolute atomic E-state index is 13.2. The summed E-state index contributed by atoms with van der Waals surface area (Å²) in [6.07, 6.45) is 1.33. The molecule has 0 saturated carbocycles. The molecule has 1 heterocycles. The molecule has 3 aromatic rings. The third-order valence-corrected chi connectivity index (χ3v) is 6.67. The average Bonchev–Trinajstić information content (AvgIpc) is 3.15. The van der Waals surface area contributed by atoms with Gasteiger partial charge < -0.3 is 18.7 Å². The summed E-state index contributed by atoms with van der Waals surface area (Å²) >= 11 is 0. The number of nitrogens with zero attached hydrogens (tertiary/aromatic N) is 1. The molecule has 0 spiro atoms. The Bertz CT molecular complexity index is 1190. The van der Waals surface area contributed by atoms with Crippen molar-refractivity contribution in [3.63, 3.8) is 0 Å². The van der Waals surface area contributed by atoms with Crippen molar-refractivity contribution >= 4 is 15.8 Å². The highest BCUT2D eigenvalue weighted by Crippen LogP contribution is 2.43. The van der Waals surface area contributed by atoms with E-state index in [1.165, 1.54) is 14.2 Å². The minimum Gasteiger partial charge on any atom is -0.496 e. The van der Waals surface area contributed by atoms with E-state index in [1.807, 2.05) is 19.1 Å². The zero-order valence-corrected chi connectivity index (χ0v) is 17.9. The Balaban J connectivity index is 1.78. The van der Waals surface area contributed by atoms with Gasteiger partial charge >= 0.3 is 0 Å². The maximum Gasteiger partial charge on any atom is 0.270 e. The predicted molar refractivity (Wildman–Crippen MR) is 111 cm³/mol.